The molecule has 2 aliphatic rings. The fraction of sp³-hybridized carbons (Fsp3) is 0.400. The molecule has 4 rings (SSSR count). The quantitative estimate of drug-likeness (QED) is 0.786. The average Bonchev–Trinajstić information content (AvgIpc) is 3.15. The van der Waals surface area contributed by atoms with Crippen LogP contribution in [0, 0.1) is 12.8 Å². The van der Waals surface area contributed by atoms with Crippen LogP contribution in [0.2, 0.25) is 0 Å². The van der Waals surface area contributed by atoms with Crippen molar-refractivity contribution in [3.05, 3.63) is 48.0 Å². The average molecular weight is 389 g/mol. The molecule has 27 heavy (non-hydrogen) atoms. The van der Waals surface area contributed by atoms with E-state index in [2.05, 4.69) is 0 Å². The maximum Gasteiger partial charge on any atom is 0.243 e. The van der Waals surface area contributed by atoms with E-state index in [1.165, 1.54) is 0 Å². The minimum absolute atomic E-state index is 0.130. The molecule has 2 aromatic carbocycles. The number of nitrogens with zero attached hydrogens (tertiary/aromatic N) is 1. The third-order valence-electron chi connectivity index (χ3n) is 5.12. The van der Waals surface area contributed by atoms with Crippen molar-refractivity contribution >= 4 is 10.0 Å². The Morgan fingerprint density at radius 2 is 1.81 bits per heavy atom. The third-order valence-corrected chi connectivity index (χ3v) is 7.02. The standard InChI is InChI=1S/C20H23NO5S/c1-15-4-2-3-5-18(15)24-13-16-8-10-21(11-9-16)27(22,23)17-6-7-19-20(12-17)26-14-25-19/h2-7,12,16H,8-11,13-14H2,1H3. The summed E-state index contributed by atoms with van der Waals surface area (Å²) in [6, 6.07) is 12.7. The molecule has 0 radical (unpaired) electrons. The zero-order valence-electron chi connectivity index (χ0n) is 15.3. The van der Waals surface area contributed by atoms with Gasteiger partial charge in [-0.05, 0) is 49.4 Å². The highest BCUT2D eigenvalue weighted by Gasteiger charge is 2.31. The highest BCUT2D eigenvalue weighted by atomic mass is 32.2. The number of ether oxygens (including phenoxy) is 3. The van der Waals surface area contributed by atoms with Crippen LogP contribution in [0.15, 0.2) is 47.4 Å². The van der Waals surface area contributed by atoms with Crippen molar-refractivity contribution < 1.29 is 22.6 Å². The summed E-state index contributed by atoms with van der Waals surface area (Å²) in [4.78, 5) is 0.251. The van der Waals surface area contributed by atoms with Crippen LogP contribution in [0.25, 0.3) is 0 Å². The lowest BCUT2D eigenvalue weighted by atomic mass is 9.99. The number of rotatable bonds is 5. The van der Waals surface area contributed by atoms with Crippen LogP contribution in [0.4, 0.5) is 0 Å². The van der Waals surface area contributed by atoms with Gasteiger partial charge >= 0.3 is 0 Å². The highest BCUT2D eigenvalue weighted by molar-refractivity contribution is 7.89. The lowest BCUT2D eigenvalue weighted by molar-refractivity contribution is 0.174. The first-order valence-corrected chi connectivity index (χ1v) is 10.6. The number of benzene rings is 2. The van der Waals surface area contributed by atoms with Crippen molar-refractivity contribution in [2.75, 3.05) is 26.5 Å². The largest absolute Gasteiger partial charge is 0.493 e. The zero-order chi connectivity index (χ0) is 18.9. The second kappa shape index (κ2) is 7.40. The first-order chi connectivity index (χ1) is 13.0. The molecule has 0 N–H and O–H groups in total. The van der Waals surface area contributed by atoms with E-state index in [1.807, 2.05) is 31.2 Å². The summed E-state index contributed by atoms with van der Waals surface area (Å²) in [6.45, 7) is 3.76. The lowest BCUT2D eigenvalue weighted by Crippen LogP contribution is -2.39. The van der Waals surface area contributed by atoms with Gasteiger partial charge in [-0.1, -0.05) is 18.2 Å². The van der Waals surface area contributed by atoms with Crippen LogP contribution < -0.4 is 14.2 Å². The van der Waals surface area contributed by atoms with Gasteiger partial charge in [0.25, 0.3) is 0 Å². The van der Waals surface area contributed by atoms with Gasteiger partial charge in [-0.15, -0.1) is 0 Å². The predicted octanol–water partition coefficient (Wildman–Crippen LogP) is 3.20. The van der Waals surface area contributed by atoms with Crippen LogP contribution in [0.5, 0.6) is 17.2 Å². The van der Waals surface area contributed by atoms with Gasteiger partial charge in [-0.25, -0.2) is 8.42 Å². The molecule has 0 atom stereocenters. The molecule has 7 heteroatoms. The number of aryl methyl sites for hydroxylation is 1. The van der Waals surface area contributed by atoms with Crippen molar-refractivity contribution in [1.82, 2.24) is 4.31 Å². The second-order valence-corrected chi connectivity index (χ2v) is 8.88. The highest BCUT2D eigenvalue weighted by Crippen LogP contribution is 2.35. The minimum atomic E-state index is -3.52. The summed E-state index contributed by atoms with van der Waals surface area (Å²) in [5.41, 5.74) is 1.11. The van der Waals surface area contributed by atoms with E-state index in [0.29, 0.717) is 37.1 Å². The van der Waals surface area contributed by atoms with Crippen LogP contribution in [0.1, 0.15) is 18.4 Å². The number of piperidine rings is 1. The Kier molecular flexibility index (Phi) is 4.97. The Hall–Kier alpha value is -2.25. The summed E-state index contributed by atoms with van der Waals surface area (Å²) < 4.78 is 43.9. The molecule has 0 spiro atoms. The van der Waals surface area contributed by atoms with Gasteiger partial charge in [-0.2, -0.15) is 4.31 Å². The lowest BCUT2D eigenvalue weighted by Gasteiger charge is -2.31. The molecule has 144 valence electrons. The predicted molar refractivity (Wildman–Crippen MR) is 101 cm³/mol. The van der Waals surface area contributed by atoms with E-state index in [1.54, 1.807) is 22.5 Å². The van der Waals surface area contributed by atoms with Gasteiger partial charge in [0.15, 0.2) is 11.5 Å². The minimum Gasteiger partial charge on any atom is -0.493 e. The van der Waals surface area contributed by atoms with E-state index in [4.69, 9.17) is 14.2 Å². The zero-order valence-corrected chi connectivity index (χ0v) is 16.1. The van der Waals surface area contributed by atoms with Crippen molar-refractivity contribution in [3.8, 4) is 17.2 Å². The monoisotopic (exact) mass is 389 g/mol. The van der Waals surface area contributed by atoms with Gasteiger partial charge in [0.2, 0.25) is 16.8 Å². The molecule has 0 saturated carbocycles. The van der Waals surface area contributed by atoms with E-state index in [0.717, 1.165) is 24.2 Å². The van der Waals surface area contributed by atoms with Gasteiger partial charge in [-0.3, -0.25) is 0 Å². The molecule has 0 aliphatic carbocycles. The molecule has 1 saturated heterocycles. The maximum atomic E-state index is 12.9. The van der Waals surface area contributed by atoms with E-state index < -0.39 is 10.0 Å². The van der Waals surface area contributed by atoms with Crippen LogP contribution >= 0.6 is 0 Å². The summed E-state index contributed by atoms with van der Waals surface area (Å²) in [5.74, 6) is 2.32. The van der Waals surface area contributed by atoms with Crippen molar-refractivity contribution in [2.45, 2.75) is 24.7 Å². The van der Waals surface area contributed by atoms with E-state index in [-0.39, 0.29) is 11.7 Å². The molecule has 6 nitrogen and oxygen atoms in total. The summed E-state index contributed by atoms with van der Waals surface area (Å²) in [5, 5.41) is 0. The van der Waals surface area contributed by atoms with Gasteiger partial charge in [0.1, 0.15) is 5.75 Å². The molecule has 0 unspecified atom stereocenters. The number of fused-ring (bicyclic) bond motifs is 1. The van der Waals surface area contributed by atoms with Gasteiger partial charge in [0, 0.05) is 19.2 Å². The summed E-state index contributed by atoms with van der Waals surface area (Å²) in [6.07, 6.45) is 1.57. The van der Waals surface area contributed by atoms with Crippen LogP contribution in [-0.4, -0.2) is 39.2 Å². The van der Waals surface area contributed by atoms with Gasteiger partial charge < -0.3 is 14.2 Å². The molecular formula is C20H23NO5S. The Labute approximate surface area is 159 Å². The van der Waals surface area contributed by atoms with Crippen molar-refractivity contribution in [3.63, 3.8) is 0 Å². The fourth-order valence-corrected chi connectivity index (χ4v) is 4.91. The Balaban J connectivity index is 1.36. The van der Waals surface area contributed by atoms with Gasteiger partial charge in [0.05, 0.1) is 11.5 Å². The number of para-hydroxylation sites is 1. The molecule has 2 aromatic rings. The maximum absolute atomic E-state index is 12.9. The molecule has 2 heterocycles. The fourth-order valence-electron chi connectivity index (χ4n) is 3.43. The molecule has 1 fully saturated rings. The smallest absolute Gasteiger partial charge is 0.243 e. The third kappa shape index (κ3) is 3.75. The topological polar surface area (TPSA) is 65.1 Å². The Morgan fingerprint density at radius 1 is 1.07 bits per heavy atom. The summed E-state index contributed by atoms with van der Waals surface area (Å²) in [7, 11) is -3.52. The second-order valence-electron chi connectivity index (χ2n) is 6.94. The number of hydrogen-bond acceptors (Lipinski definition) is 5. The number of hydrogen-bond donors (Lipinski definition) is 0. The summed E-state index contributed by atoms with van der Waals surface area (Å²) >= 11 is 0. The molecule has 0 bridgehead atoms. The van der Waals surface area contributed by atoms with Crippen LogP contribution in [-0.2, 0) is 10.0 Å². The van der Waals surface area contributed by atoms with Crippen molar-refractivity contribution in [1.29, 1.82) is 0 Å². The van der Waals surface area contributed by atoms with Crippen LogP contribution in [0.3, 0.4) is 0 Å². The van der Waals surface area contributed by atoms with Crippen molar-refractivity contribution in [2.24, 2.45) is 5.92 Å². The van der Waals surface area contributed by atoms with E-state index >= 15 is 0 Å². The molecule has 0 aromatic heterocycles. The van der Waals surface area contributed by atoms with E-state index in [9.17, 15) is 8.42 Å². The normalized spacial score (nSPS) is 17.8. The SMILES string of the molecule is Cc1ccccc1OCC1CCN(S(=O)(=O)c2ccc3c(c2)OCO3)CC1. The molecule has 0 amide bonds. The molecule has 2 aliphatic heterocycles. The first kappa shape index (κ1) is 18.1. The Bertz CT molecular complexity index is 920. The number of sulfonamides is 1. The molecular weight excluding hydrogens is 366 g/mol. The first-order valence-electron chi connectivity index (χ1n) is 9.12. The Morgan fingerprint density at radius 3 is 2.59 bits per heavy atom.